The standard InChI is InChI=1S/C25H28N2O2/c1-4-27(5-2)22-10-8-9-20(17-22)18(3)19-13-15-21(16-14-19)26-24-12-7-6-11-23(24)25(28)29/h6-18,26H,4-5H2,1-3H3,(H,28,29). The first-order valence-corrected chi connectivity index (χ1v) is 10.1. The average molecular weight is 389 g/mol. The molecule has 0 bridgehead atoms. The van der Waals surface area contributed by atoms with Gasteiger partial charge in [0, 0.05) is 30.4 Å². The number of aromatic carboxylic acids is 1. The summed E-state index contributed by atoms with van der Waals surface area (Å²) in [4.78, 5) is 13.7. The summed E-state index contributed by atoms with van der Waals surface area (Å²) in [5.41, 5.74) is 5.48. The lowest BCUT2D eigenvalue weighted by molar-refractivity contribution is 0.0698. The predicted octanol–water partition coefficient (Wildman–Crippen LogP) is 6.13. The van der Waals surface area contributed by atoms with Gasteiger partial charge < -0.3 is 15.3 Å². The van der Waals surface area contributed by atoms with Crippen LogP contribution < -0.4 is 10.2 Å². The Morgan fingerprint density at radius 1 is 0.931 bits per heavy atom. The molecule has 3 aromatic rings. The molecule has 0 amide bonds. The molecule has 0 spiro atoms. The van der Waals surface area contributed by atoms with Gasteiger partial charge in [-0.25, -0.2) is 4.79 Å². The first-order valence-electron chi connectivity index (χ1n) is 10.1. The molecule has 4 heteroatoms. The van der Waals surface area contributed by atoms with Gasteiger partial charge in [-0.05, 0) is 61.4 Å². The SMILES string of the molecule is CCN(CC)c1cccc(C(C)c2ccc(Nc3ccccc3C(=O)O)cc2)c1. The molecular weight excluding hydrogens is 360 g/mol. The van der Waals surface area contributed by atoms with E-state index in [9.17, 15) is 9.90 Å². The molecule has 0 aliphatic heterocycles. The van der Waals surface area contributed by atoms with Crippen molar-refractivity contribution in [3.63, 3.8) is 0 Å². The zero-order valence-corrected chi connectivity index (χ0v) is 17.2. The normalized spacial score (nSPS) is 11.7. The minimum atomic E-state index is -0.938. The first kappa shape index (κ1) is 20.5. The summed E-state index contributed by atoms with van der Waals surface area (Å²) >= 11 is 0. The smallest absolute Gasteiger partial charge is 0.337 e. The molecule has 0 saturated carbocycles. The second-order valence-electron chi connectivity index (χ2n) is 7.09. The van der Waals surface area contributed by atoms with E-state index in [1.165, 1.54) is 16.8 Å². The Kier molecular flexibility index (Phi) is 6.55. The number of carboxylic acids is 1. The molecule has 3 aromatic carbocycles. The van der Waals surface area contributed by atoms with E-state index in [0.717, 1.165) is 18.8 Å². The summed E-state index contributed by atoms with van der Waals surface area (Å²) in [5, 5.41) is 12.6. The number of hydrogen-bond donors (Lipinski definition) is 2. The van der Waals surface area contributed by atoms with Gasteiger partial charge in [0.05, 0.1) is 11.3 Å². The average Bonchev–Trinajstić information content (AvgIpc) is 2.75. The monoisotopic (exact) mass is 388 g/mol. The third kappa shape index (κ3) is 4.77. The van der Waals surface area contributed by atoms with Gasteiger partial charge in [-0.1, -0.05) is 43.3 Å². The van der Waals surface area contributed by atoms with Crippen molar-refractivity contribution < 1.29 is 9.90 Å². The topological polar surface area (TPSA) is 52.6 Å². The molecule has 1 unspecified atom stereocenters. The van der Waals surface area contributed by atoms with Crippen LogP contribution in [-0.2, 0) is 0 Å². The highest BCUT2D eigenvalue weighted by Crippen LogP contribution is 2.29. The van der Waals surface area contributed by atoms with Crippen LogP contribution in [0, 0.1) is 0 Å². The van der Waals surface area contributed by atoms with Crippen LogP contribution >= 0.6 is 0 Å². The van der Waals surface area contributed by atoms with Crippen molar-refractivity contribution in [1.29, 1.82) is 0 Å². The lowest BCUT2D eigenvalue weighted by Crippen LogP contribution is -2.21. The predicted molar refractivity (Wildman–Crippen MR) is 121 cm³/mol. The number of carbonyl (C=O) groups is 1. The van der Waals surface area contributed by atoms with E-state index in [1.807, 2.05) is 18.2 Å². The van der Waals surface area contributed by atoms with Crippen LogP contribution in [-0.4, -0.2) is 24.2 Å². The van der Waals surface area contributed by atoms with Gasteiger partial charge in [0.1, 0.15) is 0 Å². The van der Waals surface area contributed by atoms with E-state index in [4.69, 9.17) is 0 Å². The second-order valence-corrected chi connectivity index (χ2v) is 7.09. The summed E-state index contributed by atoms with van der Waals surface area (Å²) in [6.45, 7) is 8.55. The Labute approximate surface area is 172 Å². The van der Waals surface area contributed by atoms with Crippen LogP contribution in [0.4, 0.5) is 17.1 Å². The van der Waals surface area contributed by atoms with Gasteiger partial charge in [0.2, 0.25) is 0 Å². The first-order chi connectivity index (χ1) is 14.0. The molecule has 29 heavy (non-hydrogen) atoms. The molecule has 150 valence electrons. The van der Waals surface area contributed by atoms with Gasteiger partial charge >= 0.3 is 5.97 Å². The van der Waals surface area contributed by atoms with Crippen LogP contribution in [0.15, 0.2) is 72.8 Å². The van der Waals surface area contributed by atoms with E-state index in [1.54, 1.807) is 18.2 Å². The summed E-state index contributed by atoms with van der Waals surface area (Å²) < 4.78 is 0. The van der Waals surface area contributed by atoms with Gasteiger partial charge in [-0.15, -0.1) is 0 Å². The quantitative estimate of drug-likeness (QED) is 0.488. The maximum absolute atomic E-state index is 11.4. The van der Waals surface area contributed by atoms with Crippen molar-refractivity contribution >= 4 is 23.0 Å². The second kappa shape index (κ2) is 9.28. The maximum Gasteiger partial charge on any atom is 0.337 e. The molecule has 3 rings (SSSR count). The van der Waals surface area contributed by atoms with Crippen molar-refractivity contribution in [3.8, 4) is 0 Å². The van der Waals surface area contributed by atoms with Crippen molar-refractivity contribution in [2.45, 2.75) is 26.7 Å². The highest BCUT2D eigenvalue weighted by molar-refractivity contribution is 5.95. The number of nitrogens with one attached hydrogen (secondary N) is 1. The Hall–Kier alpha value is -3.27. The minimum absolute atomic E-state index is 0.262. The van der Waals surface area contributed by atoms with E-state index in [2.05, 4.69) is 67.4 Å². The van der Waals surface area contributed by atoms with E-state index < -0.39 is 5.97 Å². The largest absolute Gasteiger partial charge is 0.478 e. The van der Waals surface area contributed by atoms with E-state index in [-0.39, 0.29) is 11.5 Å². The lowest BCUT2D eigenvalue weighted by Gasteiger charge is -2.23. The Morgan fingerprint density at radius 2 is 1.62 bits per heavy atom. The summed E-state index contributed by atoms with van der Waals surface area (Å²) in [6.07, 6.45) is 0. The number of benzene rings is 3. The third-order valence-electron chi connectivity index (χ3n) is 5.35. The zero-order valence-electron chi connectivity index (χ0n) is 17.2. The lowest BCUT2D eigenvalue weighted by atomic mass is 9.92. The Balaban J connectivity index is 1.78. The molecule has 0 aliphatic carbocycles. The Morgan fingerprint density at radius 3 is 2.28 bits per heavy atom. The third-order valence-corrected chi connectivity index (χ3v) is 5.35. The molecule has 0 radical (unpaired) electrons. The summed E-state index contributed by atoms with van der Waals surface area (Å²) in [6, 6.07) is 23.9. The minimum Gasteiger partial charge on any atom is -0.478 e. The number of anilines is 3. The summed E-state index contributed by atoms with van der Waals surface area (Å²) in [7, 11) is 0. The van der Waals surface area contributed by atoms with Crippen molar-refractivity contribution in [2.75, 3.05) is 23.3 Å². The molecule has 0 fully saturated rings. The van der Waals surface area contributed by atoms with Crippen LogP contribution in [0.5, 0.6) is 0 Å². The van der Waals surface area contributed by atoms with Crippen LogP contribution in [0.2, 0.25) is 0 Å². The van der Waals surface area contributed by atoms with Gasteiger partial charge in [-0.3, -0.25) is 0 Å². The van der Waals surface area contributed by atoms with Crippen molar-refractivity contribution in [1.82, 2.24) is 0 Å². The van der Waals surface area contributed by atoms with Crippen LogP contribution in [0.25, 0.3) is 0 Å². The molecule has 4 nitrogen and oxygen atoms in total. The number of carboxylic acid groups (broad SMARTS) is 1. The molecule has 1 atom stereocenters. The molecule has 2 N–H and O–H groups in total. The number of rotatable bonds is 8. The molecule has 0 aliphatic rings. The Bertz CT molecular complexity index is 963. The van der Waals surface area contributed by atoms with E-state index in [0.29, 0.717) is 5.69 Å². The molecular formula is C25H28N2O2. The number of hydrogen-bond acceptors (Lipinski definition) is 3. The van der Waals surface area contributed by atoms with Crippen LogP contribution in [0.3, 0.4) is 0 Å². The van der Waals surface area contributed by atoms with Gasteiger partial charge in [0.15, 0.2) is 0 Å². The molecule has 0 saturated heterocycles. The fourth-order valence-corrected chi connectivity index (χ4v) is 3.56. The van der Waals surface area contributed by atoms with Crippen LogP contribution in [0.1, 0.15) is 48.2 Å². The fraction of sp³-hybridized carbons (Fsp3) is 0.240. The summed E-state index contributed by atoms with van der Waals surface area (Å²) in [5.74, 6) is -0.669. The molecule has 0 heterocycles. The highest BCUT2D eigenvalue weighted by atomic mass is 16.4. The fourth-order valence-electron chi connectivity index (χ4n) is 3.56. The van der Waals surface area contributed by atoms with Crippen molar-refractivity contribution in [2.24, 2.45) is 0 Å². The van der Waals surface area contributed by atoms with Crippen molar-refractivity contribution in [3.05, 3.63) is 89.5 Å². The van der Waals surface area contributed by atoms with Gasteiger partial charge in [-0.2, -0.15) is 0 Å². The van der Waals surface area contributed by atoms with Gasteiger partial charge in [0.25, 0.3) is 0 Å². The number of nitrogens with zero attached hydrogens (tertiary/aromatic N) is 1. The number of para-hydroxylation sites is 1. The highest BCUT2D eigenvalue weighted by Gasteiger charge is 2.12. The maximum atomic E-state index is 11.4. The molecule has 0 aromatic heterocycles. The van der Waals surface area contributed by atoms with E-state index >= 15 is 0 Å². The zero-order chi connectivity index (χ0) is 20.8.